The molecular weight excluding hydrogens is 232 g/mol. The van der Waals surface area contributed by atoms with Crippen LogP contribution >= 0.6 is 0 Å². The van der Waals surface area contributed by atoms with Crippen molar-refractivity contribution in [2.45, 2.75) is 51.7 Å². The molecule has 3 atom stereocenters. The SMILES string of the molecule is CC(C)C(NC1CCN(C)C(C)C1)c1ccccc1. The van der Waals surface area contributed by atoms with Crippen LogP contribution in [-0.2, 0) is 0 Å². The van der Waals surface area contributed by atoms with Gasteiger partial charge >= 0.3 is 0 Å². The first-order valence-electron chi connectivity index (χ1n) is 7.59. The molecule has 0 radical (unpaired) electrons. The van der Waals surface area contributed by atoms with Crippen LogP contribution in [0.25, 0.3) is 0 Å². The van der Waals surface area contributed by atoms with Crippen LogP contribution < -0.4 is 5.32 Å². The van der Waals surface area contributed by atoms with Gasteiger partial charge in [-0.3, -0.25) is 0 Å². The molecule has 2 nitrogen and oxygen atoms in total. The van der Waals surface area contributed by atoms with E-state index in [4.69, 9.17) is 0 Å². The van der Waals surface area contributed by atoms with E-state index in [2.05, 4.69) is 68.4 Å². The van der Waals surface area contributed by atoms with Crippen LogP contribution in [0.15, 0.2) is 30.3 Å². The van der Waals surface area contributed by atoms with Gasteiger partial charge in [0.1, 0.15) is 0 Å². The van der Waals surface area contributed by atoms with Gasteiger partial charge in [0.05, 0.1) is 0 Å². The summed E-state index contributed by atoms with van der Waals surface area (Å²) in [5.74, 6) is 0.623. The van der Waals surface area contributed by atoms with Gasteiger partial charge in [-0.15, -0.1) is 0 Å². The largest absolute Gasteiger partial charge is 0.307 e. The fraction of sp³-hybridized carbons (Fsp3) is 0.647. The lowest BCUT2D eigenvalue weighted by Crippen LogP contribution is -2.47. The highest BCUT2D eigenvalue weighted by Crippen LogP contribution is 2.25. The minimum atomic E-state index is 0.474. The first kappa shape index (κ1) is 14.5. The van der Waals surface area contributed by atoms with E-state index in [1.54, 1.807) is 0 Å². The van der Waals surface area contributed by atoms with Crippen molar-refractivity contribution in [2.24, 2.45) is 5.92 Å². The van der Waals surface area contributed by atoms with Crippen LogP contribution in [0.1, 0.15) is 45.2 Å². The highest BCUT2D eigenvalue weighted by Gasteiger charge is 2.26. The number of likely N-dealkylation sites (tertiary alicyclic amines) is 1. The Morgan fingerprint density at radius 1 is 1.21 bits per heavy atom. The molecule has 0 spiro atoms. The number of rotatable bonds is 4. The second-order valence-corrected chi connectivity index (χ2v) is 6.35. The molecular formula is C17H28N2. The topological polar surface area (TPSA) is 15.3 Å². The van der Waals surface area contributed by atoms with Gasteiger partial charge in [0, 0.05) is 18.1 Å². The van der Waals surface area contributed by atoms with Gasteiger partial charge in [0.25, 0.3) is 0 Å². The van der Waals surface area contributed by atoms with Crippen molar-refractivity contribution in [3.63, 3.8) is 0 Å². The molecule has 1 aromatic carbocycles. The van der Waals surface area contributed by atoms with Gasteiger partial charge in [0.2, 0.25) is 0 Å². The molecule has 1 aliphatic rings. The minimum Gasteiger partial charge on any atom is -0.307 e. The summed E-state index contributed by atoms with van der Waals surface area (Å²) in [5.41, 5.74) is 1.42. The molecule has 2 rings (SSSR count). The van der Waals surface area contributed by atoms with Crippen molar-refractivity contribution in [1.29, 1.82) is 0 Å². The van der Waals surface area contributed by atoms with Gasteiger partial charge in [0.15, 0.2) is 0 Å². The third-order valence-corrected chi connectivity index (χ3v) is 4.45. The van der Waals surface area contributed by atoms with Crippen molar-refractivity contribution >= 4 is 0 Å². The highest BCUT2D eigenvalue weighted by molar-refractivity contribution is 5.19. The van der Waals surface area contributed by atoms with E-state index >= 15 is 0 Å². The predicted octanol–water partition coefficient (Wildman–Crippen LogP) is 3.46. The quantitative estimate of drug-likeness (QED) is 0.892. The lowest BCUT2D eigenvalue weighted by molar-refractivity contribution is 0.157. The van der Waals surface area contributed by atoms with Gasteiger partial charge in [-0.05, 0) is 44.8 Å². The van der Waals surface area contributed by atoms with E-state index in [-0.39, 0.29) is 0 Å². The summed E-state index contributed by atoms with van der Waals surface area (Å²) in [4.78, 5) is 2.46. The molecule has 0 aromatic heterocycles. The van der Waals surface area contributed by atoms with Crippen molar-refractivity contribution in [1.82, 2.24) is 10.2 Å². The summed E-state index contributed by atoms with van der Waals surface area (Å²) >= 11 is 0. The monoisotopic (exact) mass is 260 g/mol. The maximum Gasteiger partial charge on any atom is 0.0345 e. The lowest BCUT2D eigenvalue weighted by atomic mass is 9.92. The zero-order valence-corrected chi connectivity index (χ0v) is 12.8. The van der Waals surface area contributed by atoms with Crippen molar-refractivity contribution in [3.8, 4) is 0 Å². The highest BCUT2D eigenvalue weighted by atomic mass is 15.1. The summed E-state index contributed by atoms with van der Waals surface area (Å²) in [6.45, 7) is 8.16. The van der Waals surface area contributed by atoms with Crippen LogP contribution in [0.5, 0.6) is 0 Å². The van der Waals surface area contributed by atoms with E-state index in [1.807, 2.05) is 0 Å². The smallest absolute Gasteiger partial charge is 0.0345 e. The molecule has 19 heavy (non-hydrogen) atoms. The van der Waals surface area contributed by atoms with Gasteiger partial charge < -0.3 is 10.2 Å². The van der Waals surface area contributed by atoms with Crippen molar-refractivity contribution in [3.05, 3.63) is 35.9 Å². The summed E-state index contributed by atoms with van der Waals surface area (Å²) < 4.78 is 0. The third-order valence-electron chi connectivity index (χ3n) is 4.45. The Balaban J connectivity index is 2.02. The molecule has 1 fully saturated rings. The Labute approximate surface area is 118 Å². The molecule has 0 aliphatic carbocycles. The zero-order chi connectivity index (χ0) is 13.8. The Bertz CT molecular complexity index is 374. The average molecular weight is 260 g/mol. The molecule has 106 valence electrons. The fourth-order valence-electron chi connectivity index (χ4n) is 3.03. The molecule has 1 saturated heterocycles. The van der Waals surface area contributed by atoms with Gasteiger partial charge in [-0.25, -0.2) is 0 Å². The number of piperidine rings is 1. The van der Waals surface area contributed by atoms with E-state index in [1.165, 1.54) is 24.9 Å². The molecule has 1 N–H and O–H groups in total. The maximum atomic E-state index is 3.90. The van der Waals surface area contributed by atoms with Crippen LogP contribution in [-0.4, -0.2) is 30.6 Å². The van der Waals surface area contributed by atoms with Crippen molar-refractivity contribution in [2.75, 3.05) is 13.6 Å². The summed E-state index contributed by atoms with van der Waals surface area (Å²) in [5, 5.41) is 3.90. The second-order valence-electron chi connectivity index (χ2n) is 6.35. The summed E-state index contributed by atoms with van der Waals surface area (Å²) in [6.07, 6.45) is 2.52. The molecule has 1 heterocycles. The van der Waals surface area contributed by atoms with Crippen molar-refractivity contribution < 1.29 is 0 Å². The number of hydrogen-bond acceptors (Lipinski definition) is 2. The fourth-order valence-corrected chi connectivity index (χ4v) is 3.03. The van der Waals surface area contributed by atoms with E-state index in [0.717, 1.165) is 0 Å². The predicted molar refractivity (Wildman–Crippen MR) is 82.3 cm³/mol. The lowest BCUT2D eigenvalue weighted by Gasteiger charge is -2.38. The number of nitrogens with zero attached hydrogens (tertiary/aromatic N) is 1. The van der Waals surface area contributed by atoms with Crippen LogP contribution in [0.2, 0.25) is 0 Å². The molecule has 3 unspecified atom stereocenters. The number of nitrogens with one attached hydrogen (secondary N) is 1. The van der Waals surface area contributed by atoms with Gasteiger partial charge in [-0.2, -0.15) is 0 Å². The van der Waals surface area contributed by atoms with Crippen LogP contribution in [0, 0.1) is 5.92 Å². The molecule has 1 aromatic rings. The Morgan fingerprint density at radius 3 is 2.47 bits per heavy atom. The van der Waals surface area contributed by atoms with Crippen LogP contribution in [0.4, 0.5) is 0 Å². The normalized spacial score (nSPS) is 26.6. The molecule has 0 amide bonds. The first-order chi connectivity index (χ1) is 9.08. The van der Waals surface area contributed by atoms with E-state index in [9.17, 15) is 0 Å². The maximum absolute atomic E-state index is 3.90. The molecule has 0 saturated carbocycles. The Kier molecular flexibility index (Phi) is 5.00. The number of hydrogen-bond donors (Lipinski definition) is 1. The zero-order valence-electron chi connectivity index (χ0n) is 12.8. The Hall–Kier alpha value is -0.860. The Morgan fingerprint density at radius 2 is 1.89 bits per heavy atom. The minimum absolute atomic E-state index is 0.474. The summed E-state index contributed by atoms with van der Waals surface area (Å²) in [7, 11) is 2.23. The molecule has 1 aliphatic heterocycles. The number of benzene rings is 1. The molecule has 2 heteroatoms. The first-order valence-corrected chi connectivity index (χ1v) is 7.59. The molecule has 0 bridgehead atoms. The van der Waals surface area contributed by atoms with E-state index < -0.39 is 0 Å². The average Bonchev–Trinajstić information content (AvgIpc) is 2.40. The van der Waals surface area contributed by atoms with Crippen LogP contribution in [0.3, 0.4) is 0 Å². The van der Waals surface area contributed by atoms with E-state index in [0.29, 0.717) is 24.0 Å². The van der Waals surface area contributed by atoms with Gasteiger partial charge in [-0.1, -0.05) is 44.2 Å². The second kappa shape index (κ2) is 6.53. The standard InChI is InChI=1S/C17H28N2/c1-13(2)17(15-8-6-5-7-9-15)18-16-10-11-19(4)14(3)12-16/h5-9,13-14,16-18H,10-12H2,1-4H3. The third kappa shape index (κ3) is 3.80. The summed E-state index contributed by atoms with van der Waals surface area (Å²) in [6, 6.07) is 12.7.